The molecule has 1 fully saturated rings. The number of amides is 3. The van der Waals surface area contributed by atoms with Crippen molar-refractivity contribution in [1.29, 1.82) is 0 Å². The largest absolute Gasteiger partial charge is 0.486 e. The van der Waals surface area contributed by atoms with E-state index in [4.69, 9.17) is 9.47 Å². The second-order valence-electron chi connectivity index (χ2n) is 7.49. The zero-order valence-corrected chi connectivity index (χ0v) is 17.0. The molecule has 2 aromatic carbocycles. The number of hydrogen-bond acceptors (Lipinski definition) is 5. The molecule has 9 heteroatoms. The zero-order valence-electron chi connectivity index (χ0n) is 17.0. The molecule has 2 aliphatic heterocycles. The van der Waals surface area contributed by atoms with Crippen molar-refractivity contribution in [3.8, 4) is 11.5 Å². The molecule has 0 spiro atoms. The molecule has 0 saturated carbocycles. The summed E-state index contributed by atoms with van der Waals surface area (Å²) in [6.07, 6.45) is 0.0587. The molecule has 0 radical (unpaired) electrons. The summed E-state index contributed by atoms with van der Waals surface area (Å²) in [4.78, 5) is 40.4. The van der Waals surface area contributed by atoms with Crippen LogP contribution in [0.25, 0.3) is 0 Å². The normalized spacial score (nSPS) is 17.4. The third-order valence-electron chi connectivity index (χ3n) is 5.18. The van der Waals surface area contributed by atoms with Crippen LogP contribution < -0.4 is 19.7 Å². The van der Waals surface area contributed by atoms with Crippen molar-refractivity contribution in [2.24, 2.45) is 5.92 Å². The Morgan fingerprint density at radius 2 is 1.94 bits per heavy atom. The number of ether oxygens (including phenoxy) is 2. The minimum absolute atomic E-state index is 0.0587. The highest BCUT2D eigenvalue weighted by Gasteiger charge is 2.37. The van der Waals surface area contributed by atoms with Gasteiger partial charge < -0.3 is 24.6 Å². The van der Waals surface area contributed by atoms with E-state index in [9.17, 15) is 18.8 Å². The lowest BCUT2D eigenvalue weighted by Gasteiger charge is -2.23. The van der Waals surface area contributed by atoms with E-state index in [1.54, 1.807) is 29.2 Å². The van der Waals surface area contributed by atoms with Gasteiger partial charge in [0.2, 0.25) is 17.7 Å². The first-order chi connectivity index (χ1) is 14.9. The summed E-state index contributed by atoms with van der Waals surface area (Å²) in [7, 11) is 1.50. The van der Waals surface area contributed by atoms with E-state index in [-0.39, 0.29) is 31.3 Å². The fourth-order valence-corrected chi connectivity index (χ4v) is 3.69. The van der Waals surface area contributed by atoms with Gasteiger partial charge >= 0.3 is 0 Å². The summed E-state index contributed by atoms with van der Waals surface area (Å²) in [6, 6.07) is 10.7. The van der Waals surface area contributed by atoms with Gasteiger partial charge in [-0.2, -0.15) is 0 Å². The van der Waals surface area contributed by atoms with Crippen molar-refractivity contribution in [1.82, 2.24) is 4.90 Å². The average molecular weight is 427 g/mol. The van der Waals surface area contributed by atoms with Gasteiger partial charge in [0, 0.05) is 37.5 Å². The maximum atomic E-state index is 13.3. The Bertz CT molecular complexity index is 1030. The van der Waals surface area contributed by atoms with Gasteiger partial charge in [0.05, 0.1) is 12.5 Å². The second-order valence-corrected chi connectivity index (χ2v) is 7.49. The monoisotopic (exact) mass is 427 g/mol. The number of carbonyl (C=O) groups excluding carboxylic acids is 3. The first-order valence-corrected chi connectivity index (χ1v) is 9.91. The van der Waals surface area contributed by atoms with Crippen molar-refractivity contribution in [3.63, 3.8) is 0 Å². The molecule has 1 saturated heterocycles. The highest BCUT2D eigenvalue weighted by atomic mass is 19.1. The van der Waals surface area contributed by atoms with Crippen LogP contribution in [0.3, 0.4) is 0 Å². The molecule has 0 aliphatic carbocycles. The maximum Gasteiger partial charge on any atom is 0.243 e. The Labute approximate surface area is 178 Å². The van der Waals surface area contributed by atoms with Crippen LogP contribution in [0.4, 0.5) is 15.8 Å². The number of nitrogens with one attached hydrogen (secondary N) is 1. The highest BCUT2D eigenvalue weighted by Crippen LogP contribution is 2.36. The minimum Gasteiger partial charge on any atom is -0.486 e. The highest BCUT2D eigenvalue weighted by molar-refractivity contribution is 6.01. The Hall–Kier alpha value is -3.62. The van der Waals surface area contributed by atoms with E-state index in [1.165, 1.54) is 30.1 Å². The molecule has 0 bridgehead atoms. The number of hydrogen-bond donors (Lipinski definition) is 1. The molecular formula is C22H22FN3O5. The van der Waals surface area contributed by atoms with Crippen molar-refractivity contribution in [3.05, 3.63) is 48.3 Å². The molecular weight excluding hydrogens is 405 g/mol. The number of nitrogens with zero attached hydrogens (tertiary/aromatic N) is 2. The molecule has 2 heterocycles. The summed E-state index contributed by atoms with van der Waals surface area (Å²) in [5, 5.41) is 2.56. The van der Waals surface area contributed by atoms with Gasteiger partial charge in [0.15, 0.2) is 11.5 Å². The lowest BCUT2D eigenvalue weighted by atomic mass is 10.1. The van der Waals surface area contributed by atoms with Crippen LogP contribution in [0, 0.1) is 11.7 Å². The van der Waals surface area contributed by atoms with Crippen molar-refractivity contribution < 1.29 is 28.2 Å². The van der Waals surface area contributed by atoms with Gasteiger partial charge in [-0.05, 0) is 30.3 Å². The maximum absolute atomic E-state index is 13.3. The molecule has 3 amide bonds. The van der Waals surface area contributed by atoms with Gasteiger partial charge in [-0.1, -0.05) is 6.07 Å². The number of likely N-dealkylation sites (N-methyl/N-ethyl adjacent to an activating group) is 1. The predicted molar refractivity (Wildman–Crippen MR) is 111 cm³/mol. The molecule has 2 aliphatic rings. The molecule has 8 nitrogen and oxygen atoms in total. The fraction of sp³-hybridized carbons (Fsp3) is 0.318. The van der Waals surface area contributed by atoms with E-state index in [0.717, 1.165) is 0 Å². The first-order valence-electron chi connectivity index (χ1n) is 9.91. The molecule has 2 aromatic rings. The van der Waals surface area contributed by atoms with E-state index in [2.05, 4.69) is 5.32 Å². The Balaban J connectivity index is 1.36. The Morgan fingerprint density at radius 1 is 1.16 bits per heavy atom. The minimum atomic E-state index is -0.562. The van der Waals surface area contributed by atoms with E-state index in [1.807, 2.05) is 0 Å². The average Bonchev–Trinajstić information content (AvgIpc) is 3.14. The third kappa shape index (κ3) is 4.60. The van der Waals surface area contributed by atoms with Gasteiger partial charge in [-0.3, -0.25) is 14.4 Å². The summed E-state index contributed by atoms with van der Waals surface area (Å²) in [6.45, 7) is 0.926. The van der Waals surface area contributed by atoms with E-state index < -0.39 is 17.6 Å². The Kier molecular flexibility index (Phi) is 5.75. The van der Waals surface area contributed by atoms with Gasteiger partial charge in [0.1, 0.15) is 19.0 Å². The number of rotatable bonds is 5. The van der Waals surface area contributed by atoms with Crippen LogP contribution in [0.2, 0.25) is 0 Å². The van der Waals surface area contributed by atoms with Crippen LogP contribution in [-0.4, -0.2) is 56.0 Å². The topological polar surface area (TPSA) is 88.2 Å². The molecule has 4 rings (SSSR count). The number of fused-ring (bicyclic) bond motifs is 1. The summed E-state index contributed by atoms with van der Waals surface area (Å²) >= 11 is 0. The van der Waals surface area contributed by atoms with Crippen LogP contribution >= 0.6 is 0 Å². The molecule has 1 atom stereocenters. The van der Waals surface area contributed by atoms with Crippen molar-refractivity contribution >= 4 is 29.1 Å². The van der Waals surface area contributed by atoms with Crippen molar-refractivity contribution in [2.75, 3.05) is 43.6 Å². The number of halogens is 1. The molecule has 0 unspecified atom stereocenters. The smallest absolute Gasteiger partial charge is 0.243 e. The SMILES string of the molecule is CN(CC(=O)Nc1cccc(F)c1)C(=O)[C@@H]1CC(=O)N(c2ccc3c(c2)OCCO3)C1. The van der Waals surface area contributed by atoms with E-state index >= 15 is 0 Å². The van der Waals surface area contributed by atoms with Crippen LogP contribution in [0.15, 0.2) is 42.5 Å². The predicted octanol–water partition coefficient (Wildman–Crippen LogP) is 2.05. The summed E-state index contributed by atoms with van der Waals surface area (Å²) in [5.41, 5.74) is 0.947. The lowest BCUT2D eigenvalue weighted by molar-refractivity contribution is -0.137. The standard InChI is InChI=1S/C22H22FN3O5/c1-25(13-20(27)24-16-4-2-3-15(23)10-16)22(29)14-9-21(28)26(12-14)17-5-6-18-19(11-17)31-8-7-30-18/h2-6,10-11,14H,7-9,12-13H2,1H3,(H,24,27)/t14-/m1/s1. The van der Waals surface area contributed by atoms with Crippen molar-refractivity contribution in [2.45, 2.75) is 6.42 Å². The zero-order chi connectivity index (χ0) is 22.0. The molecule has 162 valence electrons. The summed E-state index contributed by atoms with van der Waals surface area (Å²) < 4.78 is 24.3. The van der Waals surface area contributed by atoms with Gasteiger partial charge in [-0.25, -0.2) is 4.39 Å². The molecule has 1 N–H and O–H groups in total. The van der Waals surface area contributed by atoms with Gasteiger partial charge in [-0.15, -0.1) is 0 Å². The lowest BCUT2D eigenvalue weighted by Crippen LogP contribution is -2.39. The number of anilines is 2. The molecule has 0 aromatic heterocycles. The number of carbonyl (C=O) groups is 3. The Morgan fingerprint density at radius 3 is 2.71 bits per heavy atom. The van der Waals surface area contributed by atoms with E-state index in [0.29, 0.717) is 36.1 Å². The van der Waals surface area contributed by atoms with Crippen LogP contribution in [-0.2, 0) is 14.4 Å². The quantitative estimate of drug-likeness (QED) is 0.789. The number of benzene rings is 2. The van der Waals surface area contributed by atoms with Crippen LogP contribution in [0.1, 0.15) is 6.42 Å². The fourth-order valence-electron chi connectivity index (χ4n) is 3.69. The third-order valence-corrected chi connectivity index (χ3v) is 5.18. The summed E-state index contributed by atoms with van der Waals surface area (Å²) in [5.74, 6) is -0.765. The second kappa shape index (κ2) is 8.63. The molecule has 31 heavy (non-hydrogen) atoms. The van der Waals surface area contributed by atoms with Crippen LogP contribution in [0.5, 0.6) is 11.5 Å². The van der Waals surface area contributed by atoms with Gasteiger partial charge in [0.25, 0.3) is 0 Å². The first kappa shape index (κ1) is 20.6.